The molecule has 1 aliphatic heterocycles. The maximum absolute atomic E-state index is 5.22. The van der Waals surface area contributed by atoms with Crippen molar-refractivity contribution >= 4 is 0 Å². The highest BCUT2D eigenvalue weighted by atomic mass is 16.5. The third-order valence-corrected chi connectivity index (χ3v) is 1.11. The molecule has 1 saturated heterocycles. The molecule has 9 heavy (non-hydrogen) atoms. The highest BCUT2D eigenvalue weighted by molar-refractivity contribution is 4.59. The Morgan fingerprint density at radius 3 is 2.44 bits per heavy atom. The van der Waals surface area contributed by atoms with Crippen molar-refractivity contribution in [2.75, 3.05) is 19.7 Å². The molecule has 0 aliphatic carbocycles. The maximum Gasteiger partial charge on any atom is 0.0672 e. The minimum Gasteiger partial charge on any atom is -0.376 e. The molecule has 1 heterocycles. The Morgan fingerprint density at radius 1 is 1.56 bits per heavy atom. The molecule has 1 N–H and O–H groups in total. The fourth-order valence-electron chi connectivity index (χ4n) is 0.697. The van der Waals surface area contributed by atoms with Crippen molar-refractivity contribution < 1.29 is 4.74 Å². The van der Waals surface area contributed by atoms with Crippen LogP contribution in [-0.2, 0) is 4.74 Å². The predicted molar refractivity (Wildman–Crippen MR) is 39.5 cm³/mol. The normalized spacial score (nSPS) is 26.1. The van der Waals surface area contributed by atoms with Gasteiger partial charge in [-0.1, -0.05) is 0 Å². The fourth-order valence-corrected chi connectivity index (χ4v) is 0.697. The number of ether oxygens (including phenoxy) is 1. The zero-order valence-corrected chi connectivity index (χ0v) is 6.02. The molecule has 1 unspecified atom stereocenters. The first-order valence-corrected chi connectivity index (χ1v) is 3.22. The van der Waals surface area contributed by atoms with E-state index in [0.717, 1.165) is 19.7 Å². The molecular formula is C7H15NO. The summed E-state index contributed by atoms with van der Waals surface area (Å²) in [6.07, 6.45) is 0.425. The smallest absolute Gasteiger partial charge is 0.0672 e. The van der Waals surface area contributed by atoms with Gasteiger partial charge in [0.15, 0.2) is 0 Å². The molecule has 1 aliphatic rings. The van der Waals surface area contributed by atoms with Crippen molar-refractivity contribution in [2.45, 2.75) is 13.0 Å². The molecule has 0 bridgehead atoms. The Labute approximate surface area is 56.9 Å². The van der Waals surface area contributed by atoms with Crippen LogP contribution >= 0.6 is 0 Å². The van der Waals surface area contributed by atoms with E-state index < -0.39 is 0 Å². The lowest BCUT2D eigenvalue weighted by Gasteiger charge is -2.18. The SMILES string of the molecule is C=C.CC1CNCCO1. The average molecular weight is 129 g/mol. The van der Waals surface area contributed by atoms with Crippen LogP contribution in [0.25, 0.3) is 0 Å². The van der Waals surface area contributed by atoms with Gasteiger partial charge in [0.25, 0.3) is 0 Å². The zero-order valence-electron chi connectivity index (χ0n) is 6.02. The number of hydrogen-bond donors (Lipinski definition) is 1. The lowest BCUT2D eigenvalue weighted by molar-refractivity contribution is 0.0410. The van der Waals surface area contributed by atoms with E-state index in [9.17, 15) is 0 Å². The number of hydrogen-bond acceptors (Lipinski definition) is 2. The number of nitrogens with one attached hydrogen (secondary N) is 1. The summed E-state index contributed by atoms with van der Waals surface area (Å²) in [5.74, 6) is 0. The number of rotatable bonds is 0. The summed E-state index contributed by atoms with van der Waals surface area (Å²) in [6, 6.07) is 0. The monoisotopic (exact) mass is 129 g/mol. The topological polar surface area (TPSA) is 21.3 Å². The van der Waals surface area contributed by atoms with Crippen molar-refractivity contribution in [1.82, 2.24) is 5.32 Å². The van der Waals surface area contributed by atoms with Crippen LogP contribution in [0.5, 0.6) is 0 Å². The van der Waals surface area contributed by atoms with Gasteiger partial charge in [-0.25, -0.2) is 0 Å². The van der Waals surface area contributed by atoms with Gasteiger partial charge in [-0.2, -0.15) is 0 Å². The van der Waals surface area contributed by atoms with Crippen LogP contribution in [0.15, 0.2) is 13.2 Å². The van der Waals surface area contributed by atoms with Crippen LogP contribution in [0.1, 0.15) is 6.92 Å². The summed E-state index contributed by atoms with van der Waals surface area (Å²) in [5, 5.41) is 3.21. The average Bonchev–Trinajstić information content (AvgIpc) is 1.94. The molecule has 1 atom stereocenters. The second-order valence-electron chi connectivity index (χ2n) is 1.89. The molecule has 0 aromatic carbocycles. The Kier molecular flexibility index (Phi) is 5.57. The van der Waals surface area contributed by atoms with E-state index >= 15 is 0 Å². The van der Waals surface area contributed by atoms with Crippen molar-refractivity contribution in [1.29, 1.82) is 0 Å². The van der Waals surface area contributed by atoms with Crippen LogP contribution < -0.4 is 5.32 Å². The highest BCUT2D eigenvalue weighted by Crippen LogP contribution is 1.91. The molecule has 0 aromatic rings. The van der Waals surface area contributed by atoms with Gasteiger partial charge in [0.05, 0.1) is 12.7 Å². The van der Waals surface area contributed by atoms with E-state index in [1.165, 1.54) is 0 Å². The van der Waals surface area contributed by atoms with Gasteiger partial charge in [-0.05, 0) is 6.92 Å². The minimum absolute atomic E-state index is 0.425. The fraction of sp³-hybridized carbons (Fsp3) is 0.714. The quantitative estimate of drug-likeness (QED) is 0.488. The first-order chi connectivity index (χ1) is 4.39. The third kappa shape index (κ3) is 4.18. The van der Waals surface area contributed by atoms with Gasteiger partial charge in [0.1, 0.15) is 0 Å². The molecule has 0 radical (unpaired) electrons. The van der Waals surface area contributed by atoms with E-state index in [1.807, 2.05) is 0 Å². The Bertz CT molecular complexity index is 59.9. The molecule has 0 amide bonds. The standard InChI is InChI=1S/C5H11NO.C2H4/c1-5-4-6-2-3-7-5;1-2/h5-6H,2-4H2,1H3;1-2H2. The molecule has 1 fully saturated rings. The van der Waals surface area contributed by atoms with E-state index in [1.54, 1.807) is 0 Å². The van der Waals surface area contributed by atoms with Crippen LogP contribution in [-0.4, -0.2) is 25.8 Å². The lowest BCUT2D eigenvalue weighted by Crippen LogP contribution is -2.36. The highest BCUT2D eigenvalue weighted by Gasteiger charge is 2.04. The summed E-state index contributed by atoms with van der Waals surface area (Å²) in [5.41, 5.74) is 0. The van der Waals surface area contributed by atoms with Gasteiger partial charge < -0.3 is 10.1 Å². The molecular weight excluding hydrogens is 114 g/mol. The van der Waals surface area contributed by atoms with Crippen LogP contribution in [0.2, 0.25) is 0 Å². The molecule has 2 nitrogen and oxygen atoms in total. The van der Waals surface area contributed by atoms with Gasteiger partial charge in [-0.3, -0.25) is 0 Å². The lowest BCUT2D eigenvalue weighted by atomic mass is 10.3. The summed E-state index contributed by atoms with van der Waals surface area (Å²) in [4.78, 5) is 0. The number of morpholine rings is 1. The van der Waals surface area contributed by atoms with E-state index in [2.05, 4.69) is 25.4 Å². The summed E-state index contributed by atoms with van der Waals surface area (Å²) >= 11 is 0. The van der Waals surface area contributed by atoms with Crippen molar-refractivity contribution in [3.05, 3.63) is 13.2 Å². The van der Waals surface area contributed by atoms with Gasteiger partial charge in [0, 0.05) is 13.1 Å². The van der Waals surface area contributed by atoms with E-state index in [0.29, 0.717) is 6.10 Å². The summed E-state index contributed by atoms with van der Waals surface area (Å²) in [7, 11) is 0. The minimum atomic E-state index is 0.425. The Hall–Kier alpha value is -0.340. The third-order valence-electron chi connectivity index (χ3n) is 1.11. The van der Waals surface area contributed by atoms with Crippen LogP contribution in [0.4, 0.5) is 0 Å². The zero-order chi connectivity index (χ0) is 7.11. The van der Waals surface area contributed by atoms with E-state index in [-0.39, 0.29) is 0 Å². The molecule has 0 spiro atoms. The Morgan fingerprint density at radius 2 is 2.22 bits per heavy atom. The van der Waals surface area contributed by atoms with Crippen molar-refractivity contribution in [3.63, 3.8) is 0 Å². The largest absolute Gasteiger partial charge is 0.376 e. The van der Waals surface area contributed by atoms with Gasteiger partial charge in [0.2, 0.25) is 0 Å². The maximum atomic E-state index is 5.22. The van der Waals surface area contributed by atoms with Crippen molar-refractivity contribution in [3.8, 4) is 0 Å². The second-order valence-corrected chi connectivity index (χ2v) is 1.89. The summed E-state index contributed by atoms with van der Waals surface area (Å²) in [6.45, 7) is 11.0. The van der Waals surface area contributed by atoms with E-state index in [4.69, 9.17) is 4.74 Å². The van der Waals surface area contributed by atoms with Crippen LogP contribution in [0, 0.1) is 0 Å². The molecule has 0 aromatic heterocycles. The second kappa shape index (κ2) is 5.79. The van der Waals surface area contributed by atoms with Crippen LogP contribution in [0.3, 0.4) is 0 Å². The molecule has 0 saturated carbocycles. The molecule has 54 valence electrons. The Balaban J connectivity index is 0.000000291. The first kappa shape index (κ1) is 8.66. The van der Waals surface area contributed by atoms with Gasteiger partial charge in [-0.15, -0.1) is 13.2 Å². The summed E-state index contributed by atoms with van der Waals surface area (Å²) < 4.78 is 5.22. The first-order valence-electron chi connectivity index (χ1n) is 3.22. The van der Waals surface area contributed by atoms with Gasteiger partial charge >= 0.3 is 0 Å². The molecule has 2 heteroatoms. The van der Waals surface area contributed by atoms with Crippen molar-refractivity contribution in [2.24, 2.45) is 0 Å². The predicted octanol–water partition coefficient (Wildman–Crippen LogP) is 0.797. The molecule has 1 rings (SSSR count).